The Bertz CT molecular complexity index is 935. The van der Waals surface area contributed by atoms with Crippen molar-refractivity contribution in [2.24, 2.45) is 0 Å². The Morgan fingerprint density at radius 3 is 1.32 bits per heavy atom. The van der Waals surface area contributed by atoms with Gasteiger partial charge in [0.25, 0.3) is 0 Å². The maximum atomic E-state index is 2.72. The lowest BCUT2D eigenvalue weighted by molar-refractivity contribution is 0.397. The van der Waals surface area contributed by atoms with Crippen LogP contribution in [0.2, 0.25) is 19.6 Å². The topological polar surface area (TPSA) is 0 Å². The smallest absolute Gasteiger partial charge is 0.0904 e. The van der Waals surface area contributed by atoms with E-state index in [2.05, 4.69) is 75.2 Å². The lowest BCUT2D eigenvalue weighted by atomic mass is 9.71. The van der Waals surface area contributed by atoms with E-state index in [9.17, 15) is 0 Å². The van der Waals surface area contributed by atoms with Crippen LogP contribution in [0.1, 0.15) is 171 Å². The van der Waals surface area contributed by atoms with Gasteiger partial charge in [-0.15, -0.1) is 22.7 Å². The first-order valence-corrected chi connectivity index (χ1v) is 22.7. The van der Waals surface area contributed by atoms with Crippen molar-refractivity contribution in [1.29, 1.82) is 0 Å². The highest BCUT2D eigenvalue weighted by molar-refractivity contribution is 7.31. The van der Waals surface area contributed by atoms with Gasteiger partial charge in [0.1, 0.15) is 0 Å². The standard InChI is InChI=1S/C37H64S2Si/c1-7-9-11-13-15-17-19-21-23-25-27-37(28-26-24-22-20-18-16-14-12-10-8-2)32-29-31(3)38-35(32)36-33(37)30-34(39-36)40(4,5)6/h29-30H,7-28H2,1-6H3. The summed E-state index contributed by atoms with van der Waals surface area (Å²) in [5.74, 6) is 0. The number of hydrogen-bond donors (Lipinski definition) is 0. The molecule has 2 aromatic rings. The maximum absolute atomic E-state index is 2.72. The first-order valence-electron chi connectivity index (χ1n) is 17.6. The molecule has 0 nitrogen and oxygen atoms in total. The van der Waals surface area contributed by atoms with Crippen LogP contribution in [0.15, 0.2) is 12.1 Å². The minimum Gasteiger partial charge on any atom is -0.144 e. The number of rotatable bonds is 23. The quantitative estimate of drug-likeness (QED) is 0.0879. The van der Waals surface area contributed by atoms with Gasteiger partial charge in [0.2, 0.25) is 0 Å². The molecular weight excluding hydrogens is 537 g/mol. The van der Waals surface area contributed by atoms with Crippen LogP contribution in [0.5, 0.6) is 0 Å². The van der Waals surface area contributed by atoms with Crippen molar-refractivity contribution in [3.05, 3.63) is 28.1 Å². The molecule has 0 unspecified atom stereocenters. The van der Waals surface area contributed by atoms with Crippen LogP contribution in [0, 0.1) is 6.92 Å². The molecule has 0 aromatic carbocycles. The van der Waals surface area contributed by atoms with Crippen molar-refractivity contribution < 1.29 is 0 Å². The number of hydrogen-bond acceptors (Lipinski definition) is 2. The first-order chi connectivity index (χ1) is 19.3. The van der Waals surface area contributed by atoms with E-state index in [-0.39, 0.29) is 0 Å². The molecule has 0 saturated carbocycles. The molecule has 0 spiro atoms. The van der Waals surface area contributed by atoms with Crippen LogP contribution in [0.3, 0.4) is 0 Å². The molecule has 0 aliphatic heterocycles. The Balaban J connectivity index is 1.61. The second-order valence-electron chi connectivity index (χ2n) is 14.1. The third-order valence-corrected chi connectivity index (χ3v) is 15.4. The summed E-state index contributed by atoms with van der Waals surface area (Å²) in [6, 6.07) is 5.33. The molecule has 0 bridgehead atoms. The van der Waals surface area contributed by atoms with E-state index in [0.717, 1.165) is 0 Å². The summed E-state index contributed by atoms with van der Waals surface area (Å²) in [5.41, 5.74) is 3.78. The van der Waals surface area contributed by atoms with Crippen molar-refractivity contribution >= 4 is 35.2 Å². The van der Waals surface area contributed by atoms with Gasteiger partial charge >= 0.3 is 0 Å². The molecule has 2 aromatic heterocycles. The summed E-state index contributed by atoms with van der Waals surface area (Å²) >= 11 is 4.26. The molecule has 0 atom stereocenters. The number of unbranched alkanes of at least 4 members (excludes halogenated alkanes) is 18. The fourth-order valence-corrected chi connectivity index (χ4v) is 11.3. The fourth-order valence-electron chi connectivity index (χ4n) is 6.96. The zero-order valence-electron chi connectivity index (χ0n) is 27.5. The van der Waals surface area contributed by atoms with E-state index in [1.54, 1.807) is 25.4 Å². The Kier molecular flexibility index (Phi) is 15.1. The van der Waals surface area contributed by atoms with E-state index in [1.165, 1.54) is 146 Å². The fraction of sp³-hybridized carbons (Fsp3) is 0.784. The Morgan fingerprint density at radius 1 is 0.525 bits per heavy atom. The van der Waals surface area contributed by atoms with Crippen LogP contribution >= 0.6 is 22.7 Å². The van der Waals surface area contributed by atoms with Gasteiger partial charge in [0.05, 0.1) is 8.07 Å². The van der Waals surface area contributed by atoms with Gasteiger partial charge in [0, 0.05) is 20.0 Å². The van der Waals surface area contributed by atoms with Crippen molar-refractivity contribution in [3.63, 3.8) is 0 Å². The minimum atomic E-state index is -1.31. The first kappa shape index (κ1) is 34.1. The monoisotopic (exact) mass is 600 g/mol. The van der Waals surface area contributed by atoms with Crippen molar-refractivity contribution in [2.45, 2.75) is 187 Å². The molecule has 0 amide bonds. The molecule has 0 fully saturated rings. The van der Waals surface area contributed by atoms with Crippen LogP contribution in [0.4, 0.5) is 0 Å². The SMILES string of the molecule is CCCCCCCCCCCCC1(CCCCCCCCCCCC)c2cc(C)sc2-c2sc([Si](C)(C)C)cc21. The lowest BCUT2D eigenvalue weighted by Gasteiger charge is -2.32. The van der Waals surface area contributed by atoms with E-state index in [1.807, 2.05) is 0 Å². The average molecular weight is 601 g/mol. The Labute approximate surface area is 259 Å². The van der Waals surface area contributed by atoms with Gasteiger partial charge in [-0.3, -0.25) is 0 Å². The summed E-state index contributed by atoms with van der Waals surface area (Å²) in [6.45, 7) is 14.6. The van der Waals surface area contributed by atoms with Crippen LogP contribution in [-0.2, 0) is 5.41 Å². The van der Waals surface area contributed by atoms with Gasteiger partial charge < -0.3 is 0 Å². The molecule has 1 aliphatic rings. The molecular formula is C37H64S2Si. The maximum Gasteiger partial charge on any atom is 0.0904 e. The normalized spacial score (nSPS) is 14.2. The minimum absolute atomic E-state index is 0.296. The zero-order chi connectivity index (χ0) is 28.8. The summed E-state index contributed by atoms with van der Waals surface area (Å²) < 4.78 is 1.73. The molecule has 3 rings (SSSR count). The molecule has 228 valence electrons. The summed E-state index contributed by atoms with van der Waals surface area (Å²) in [4.78, 5) is 4.85. The highest BCUT2D eigenvalue weighted by Crippen LogP contribution is 2.58. The predicted molar refractivity (Wildman–Crippen MR) is 189 cm³/mol. The van der Waals surface area contributed by atoms with Gasteiger partial charge in [-0.05, 0) is 47.5 Å². The third-order valence-electron chi connectivity index (χ3n) is 9.48. The van der Waals surface area contributed by atoms with E-state index in [0.29, 0.717) is 5.41 Å². The van der Waals surface area contributed by atoms with E-state index < -0.39 is 8.07 Å². The predicted octanol–water partition coefficient (Wildman–Crippen LogP) is 13.6. The van der Waals surface area contributed by atoms with Crippen molar-refractivity contribution in [1.82, 2.24) is 0 Å². The van der Waals surface area contributed by atoms with Crippen LogP contribution in [0.25, 0.3) is 9.75 Å². The lowest BCUT2D eigenvalue weighted by Crippen LogP contribution is -2.35. The third kappa shape index (κ3) is 9.83. The van der Waals surface area contributed by atoms with Gasteiger partial charge in [-0.2, -0.15) is 0 Å². The summed E-state index contributed by atoms with van der Waals surface area (Å²) in [6.07, 6.45) is 31.4. The van der Waals surface area contributed by atoms with Gasteiger partial charge in [-0.25, -0.2) is 0 Å². The second-order valence-corrected chi connectivity index (χ2v) is 21.9. The molecule has 3 heteroatoms. The zero-order valence-corrected chi connectivity index (χ0v) is 30.2. The van der Waals surface area contributed by atoms with Crippen LogP contribution < -0.4 is 4.50 Å². The highest BCUT2D eigenvalue weighted by Gasteiger charge is 2.45. The average Bonchev–Trinajstić information content (AvgIpc) is 3.59. The van der Waals surface area contributed by atoms with Crippen molar-refractivity contribution in [3.8, 4) is 9.75 Å². The van der Waals surface area contributed by atoms with Crippen molar-refractivity contribution in [2.75, 3.05) is 0 Å². The second kappa shape index (κ2) is 17.7. The molecule has 0 N–H and O–H groups in total. The molecule has 40 heavy (non-hydrogen) atoms. The van der Waals surface area contributed by atoms with Crippen LogP contribution in [-0.4, -0.2) is 8.07 Å². The van der Waals surface area contributed by atoms with Gasteiger partial charge in [-0.1, -0.05) is 162 Å². The van der Waals surface area contributed by atoms with E-state index >= 15 is 0 Å². The highest BCUT2D eigenvalue weighted by atomic mass is 32.1. The number of aryl methyl sites for hydroxylation is 1. The summed E-state index contributed by atoms with van der Waals surface area (Å²) in [7, 11) is -1.31. The van der Waals surface area contributed by atoms with E-state index in [4.69, 9.17) is 0 Å². The Hall–Kier alpha value is -0.383. The number of thiophene rings is 2. The molecule has 1 aliphatic carbocycles. The molecule has 0 saturated heterocycles. The molecule has 0 radical (unpaired) electrons. The largest absolute Gasteiger partial charge is 0.144 e. The Morgan fingerprint density at radius 2 is 0.900 bits per heavy atom. The summed E-state index contributed by atoms with van der Waals surface area (Å²) in [5, 5.41) is 0. The number of fused-ring (bicyclic) bond motifs is 3. The molecule has 2 heterocycles. The van der Waals surface area contributed by atoms with Gasteiger partial charge in [0.15, 0.2) is 0 Å².